The smallest absolute Gasteiger partial charge is 0.419 e. The normalized spacial score (nSPS) is 14.3. The molecule has 0 bridgehead atoms. The number of alkyl halides is 3. The van der Waals surface area contributed by atoms with Gasteiger partial charge in [0.1, 0.15) is 11.4 Å². The van der Waals surface area contributed by atoms with Gasteiger partial charge in [0.25, 0.3) is 5.91 Å². The van der Waals surface area contributed by atoms with Gasteiger partial charge in [-0.25, -0.2) is 0 Å². The molecule has 4 aromatic rings. The number of halogens is 3. The maximum Gasteiger partial charge on any atom is 0.419 e. The summed E-state index contributed by atoms with van der Waals surface area (Å²) in [6, 6.07) is 21.0. The average Bonchev–Trinajstić information content (AvgIpc) is 2.90. The number of carbonyl (C=O) groups excluding carboxylic acids is 1. The summed E-state index contributed by atoms with van der Waals surface area (Å²) in [5, 5.41) is 4.93. The van der Waals surface area contributed by atoms with Gasteiger partial charge in [-0.1, -0.05) is 42.5 Å². The Morgan fingerprint density at radius 3 is 2.28 bits per heavy atom. The van der Waals surface area contributed by atoms with E-state index in [1.807, 2.05) is 12.1 Å². The third-order valence-corrected chi connectivity index (χ3v) is 6.45. The van der Waals surface area contributed by atoms with Crippen LogP contribution in [0.3, 0.4) is 0 Å². The molecule has 0 aliphatic carbocycles. The van der Waals surface area contributed by atoms with Crippen molar-refractivity contribution in [1.29, 1.82) is 0 Å². The Balaban J connectivity index is 1.24. The zero-order chi connectivity index (χ0) is 25.3. The van der Waals surface area contributed by atoms with E-state index in [0.29, 0.717) is 31.6 Å². The fourth-order valence-electron chi connectivity index (χ4n) is 4.57. The Kier molecular flexibility index (Phi) is 6.22. The number of benzene rings is 4. The van der Waals surface area contributed by atoms with Crippen molar-refractivity contribution in [3.8, 4) is 5.75 Å². The van der Waals surface area contributed by atoms with Gasteiger partial charge < -0.3 is 14.5 Å². The maximum absolute atomic E-state index is 13.6. The van der Waals surface area contributed by atoms with Gasteiger partial charge >= 0.3 is 6.18 Å². The van der Waals surface area contributed by atoms with Crippen LogP contribution in [0.2, 0.25) is 0 Å². The predicted molar refractivity (Wildman–Crippen MR) is 133 cm³/mol. The van der Waals surface area contributed by atoms with Gasteiger partial charge in [0.15, 0.2) is 6.61 Å². The lowest BCUT2D eigenvalue weighted by molar-refractivity contribution is -0.136. The molecule has 0 radical (unpaired) electrons. The first-order valence-corrected chi connectivity index (χ1v) is 11.4. The Morgan fingerprint density at radius 1 is 0.861 bits per heavy atom. The van der Waals surface area contributed by atoms with Crippen LogP contribution in [0.25, 0.3) is 21.5 Å². The minimum Gasteiger partial charge on any atom is -0.484 e. The summed E-state index contributed by atoms with van der Waals surface area (Å²) in [6.07, 6.45) is -4.76. The summed E-state index contributed by atoms with van der Waals surface area (Å²) in [4.78, 5) is 27.6. The first-order chi connectivity index (χ1) is 17.3. The summed E-state index contributed by atoms with van der Waals surface area (Å²) in [5.41, 5.74) is -0.707. The van der Waals surface area contributed by atoms with Crippen molar-refractivity contribution in [2.75, 3.05) is 37.7 Å². The number of carbonyl (C=O) groups is 1. The minimum atomic E-state index is -4.76. The molecule has 1 aliphatic rings. The van der Waals surface area contributed by atoms with Crippen molar-refractivity contribution in [2.24, 2.45) is 5.18 Å². The van der Waals surface area contributed by atoms with E-state index < -0.39 is 17.4 Å². The first kappa shape index (κ1) is 23.6. The third kappa shape index (κ3) is 4.68. The molecule has 1 saturated heterocycles. The number of hydrogen-bond donors (Lipinski definition) is 0. The number of nitrogens with zero attached hydrogens (tertiary/aromatic N) is 3. The second-order valence-corrected chi connectivity index (χ2v) is 8.62. The highest BCUT2D eigenvalue weighted by atomic mass is 19.4. The summed E-state index contributed by atoms with van der Waals surface area (Å²) in [5.74, 6) is -0.133. The summed E-state index contributed by atoms with van der Waals surface area (Å²) in [6.45, 7) is 2.06. The molecule has 36 heavy (non-hydrogen) atoms. The van der Waals surface area contributed by atoms with Gasteiger partial charge in [-0.2, -0.15) is 13.2 Å². The van der Waals surface area contributed by atoms with E-state index >= 15 is 0 Å². The number of nitroso groups, excluding NO2 is 1. The Labute approximate surface area is 204 Å². The summed E-state index contributed by atoms with van der Waals surface area (Å²) >= 11 is 0. The van der Waals surface area contributed by atoms with Crippen LogP contribution in [0.4, 0.5) is 24.5 Å². The van der Waals surface area contributed by atoms with E-state index in [1.165, 1.54) is 29.7 Å². The Morgan fingerprint density at radius 2 is 1.56 bits per heavy atom. The first-order valence-electron chi connectivity index (χ1n) is 11.4. The van der Waals surface area contributed by atoms with Crippen molar-refractivity contribution in [3.63, 3.8) is 0 Å². The highest BCUT2D eigenvalue weighted by molar-refractivity contribution is 5.91. The van der Waals surface area contributed by atoms with E-state index in [1.54, 1.807) is 4.90 Å². The largest absolute Gasteiger partial charge is 0.484 e. The fourth-order valence-corrected chi connectivity index (χ4v) is 4.57. The Hall–Kier alpha value is -4.14. The lowest BCUT2D eigenvalue weighted by Gasteiger charge is -2.36. The molecule has 0 spiro atoms. The van der Waals surface area contributed by atoms with Gasteiger partial charge in [0.05, 0.1) is 5.56 Å². The summed E-state index contributed by atoms with van der Waals surface area (Å²) in [7, 11) is 0. The molecule has 1 amide bonds. The van der Waals surface area contributed by atoms with Gasteiger partial charge in [-0.05, 0) is 57.1 Å². The standard InChI is InChI=1S/C27H22F3N3O3/c28-27(29,30)26-23-16-22(9-6-19(23)7-10-24(26)31-35)36-17-25(34)33-13-11-32(12-14-33)21-8-5-18-3-1-2-4-20(18)15-21/h1-10,15-16H,11-14,17H2. The quantitative estimate of drug-likeness (QED) is 0.314. The lowest BCUT2D eigenvalue weighted by atomic mass is 10.0. The van der Waals surface area contributed by atoms with Crippen LogP contribution < -0.4 is 9.64 Å². The van der Waals surface area contributed by atoms with Crippen LogP contribution in [0, 0.1) is 4.91 Å². The van der Waals surface area contributed by atoms with E-state index in [9.17, 15) is 22.9 Å². The zero-order valence-electron chi connectivity index (χ0n) is 19.2. The van der Waals surface area contributed by atoms with Crippen molar-refractivity contribution in [1.82, 2.24) is 4.90 Å². The van der Waals surface area contributed by atoms with Gasteiger partial charge in [0, 0.05) is 31.9 Å². The number of anilines is 1. The summed E-state index contributed by atoms with van der Waals surface area (Å²) < 4.78 is 46.3. The van der Waals surface area contributed by atoms with E-state index in [2.05, 4.69) is 40.4 Å². The lowest BCUT2D eigenvalue weighted by Crippen LogP contribution is -2.50. The topological polar surface area (TPSA) is 62.2 Å². The SMILES string of the molecule is O=Nc1ccc2ccc(OCC(=O)N3CCN(c4ccc5ccccc5c4)CC3)cc2c1C(F)(F)F. The van der Waals surface area contributed by atoms with Crippen LogP contribution in [0.5, 0.6) is 5.75 Å². The molecule has 1 aliphatic heterocycles. The molecule has 1 fully saturated rings. The van der Waals surface area contributed by atoms with E-state index in [4.69, 9.17) is 4.74 Å². The van der Waals surface area contributed by atoms with Gasteiger partial charge in [-0.15, -0.1) is 4.91 Å². The molecule has 184 valence electrons. The maximum atomic E-state index is 13.6. The molecule has 6 nitrogen and oxygen atoms in total. The van der Waals surface area contributed by atoms with Gasteiger partial charge in [-0.3, -0.25) is 4.79 Å². The molecule has 0 atom stereocenters. The molecule has 9 heteroatoms. The number of hydrogen-bond acceptors (Lipinski definition) is 5. The van der Waals surface area contributed by atoms with Crippen LogP contribution >= 0.6 is 0 Å². The molecule has 1 heterocycles. The van der Waals surface area contributed by atoms with Crippen molar-refractivity contribution in [2.45, 2.75) is 6.18 Å². The second-order valence-electron chi connectivity index (χ2n) is 8.62. The van der Waals surface area contributed by atoms with E-state index in [-0.39, 0.29) is 23.6 Å². The monoisotopic (exact) mass is 493 g/mol. The van der Waals surface area contributed by atoms with Crippen LogP contribution in [0.1, 0.15) is 5.56 Å². The van der Waals surface area contributed by atoms with Crippen molar-refractivity contribution < 1.29 is 22.7 Å². The van der Waals surface area contributed by atoms with Crippen molar-refractivity contribution in [3.05, 3.63) is 83.3 Å². The van der Waals surface area contributed by atoms with Gasteiger partial charge in [0.2, 0.25) is 0 Å². The minimum absolute atomic E-state index is 0.110. The molecular formula is C27H22F3N3O3. The number of ether oxygens (including phenoxy) is 1. The molecule has 5 rings (SSSR count). The third-order valence-electron chi connectivity index (χ3n) is 6.45. The number of amides is 1. The van der Waals surface area contributed by atoms with Crippen LogP contribution in [-0.2, 0) is 11.0 Å². The number of fused-ring (bicyclic) bond motifs is 2. The molecular weight excluding hydrogens is 471 g/mol. The van der Waals surface area contributed by atoms with E-state index in [0.717, 1.165) is 17.1 Å². The van der Waals surface area contributed by atoms with Crippen molar-refractivity contribution >= 4 is 38.8 Å². The highest BCUT2D eigenvalue weighted by Crippen LogP contribution is 2.42. The molecule has 0 saturated carbocycles. The molecule has 0 unspecified atom stereocenters. The Bertz CT molecular complexity index is 1450. The van der Waals surface area contributed by atoms with Crippen LogP contribution in [-0.4, -0.2) is 43.6 Å². The zero-order valence-corrected chi connectivity index (χ0v) is 19.2. The predicted octanol–water partition coefficient (Wildman–Crippen LogP) is 6.14. The molecule has 4 aromatic carbocycles. The number of piperazine rings is 1. The number of rotatable bonds is 5. The average molecular weight is 493 g/mol. The second kappa shape index (κ2) is 9.49. The molecule has 0 N–H and O–H groups in total. The van der Waals surface area contributed by atoms with Crippen LogP contribution in [0.15, 0.2) is 78.0 Å². The fraction of sp³-hybridized carbons (Fsp3) is 0.222. The molecule has 0 aromatic heterocycles. The highest BCUT2D eigenvalue weighted by Gasteiger charge is 2.36.